The van der Waals surface area contributed by atoms with Gasteiger partial charge in [-0.3, -0.25) is 4.79 Å². The summed E-state index contributed by atoms with van der Waals surface area (Å²) in [4.78, 5) is 12.6. The number of carbonyl (C=O) groups is 1. The van der Waals surface area contributed by atoms with E-state index in [0.29, 0.717) is 0 Å². The fraction of sp³-hybridized carbons (Fsp3) is 0.316. The van der Waals surface area contributed by atoms with Crippen LogP contribution in [0, 0.1) is 5.41 Å². The highest BCUT2D eigenvalue weighted by atomic mass is 16.2. The summed E-state index contributed by atoms with van der Waals surface area (Å²) in [6.45, 7) is 6.08. The summed E-state index contributed by atoms with van der Waals surface area (Å²) in [6.07, 6.45) is 1.64. The molecule has 0 aliphatic heterocycles. The Labute approximate surface area is 127 Å². The minimum Gasteiger partial charge on any atom is -0.325 e. The molecule has 2 nitrogen and oxygen atoms in total. The lowest BCUT2D eigenvalue weighted by molar-refractivity contribution is -0.123. The van der Waals surface area contributed by atoms with Crippen LogP contribution in [0.3, 0.4) is 0 Å². The monoisotopic (exact) mass is 281 g/mol. The standard InChI is InChI=1S/C19H23NO/c1-4-16-12-8-9-13-17(16)20-18(21)19(2,3)14-15-10-6-5-7-11-15/h5-13H,4,14H2,1-3H3,(H,20,21). The second-order valence-corrected chi connectivity index (χ2v) is 6.01. The van der Waals surface area contributed by atoms with Gasteiger partial charge in [0.2, 0.25) is 5.91 Å². The number of anilines is 1. The van der Waals surface area contributed by atoms with Crippen LogP contribution in [0.2, 0.25) is 0 Å². The first-order chi connectivity index (χ1) is 10.0. The average molecular weight is 281 g/mol. The first kappa shape index (κ1) is 15.3. The van der Waals surface area contributed by atoms with Gasteiger partial charge in [-0.2, -0.15) is 0 Å². The Morgan fingerprint density at radius 1 is 1.00 bits per heavy atom. The Kier molecular flexibility index (Phi) is 4.79. The number of benzene rings is 2. The molecule has 0 heterocycles. The lowest BCUT2D eigenvalue weighted by Crippen LogP contribution is -2.33. The van der Waals surface area contributed by atoms with Gasteiger partial charge >= 0.3 is 0 Å². The third-order valence-electron chi connectivity index (χ3n) is 3.75. The number of para-hydroxylation sites is 1. The molecule has 0 unspecified atom stereocenters. The minimum absolute atomic E-state index is 0.0623. The summed E-state index contributed by atoms with van der Waals surface area (Å²) in [6, 6.07) is 18.1. The summed E-state index contributed by atoms with van der Waals surface area (Å²) >= 11 is 0. The predicted molar refractivity (Wildman–Crippen MR) is 88.4 cm³/mol. The first-order valence-electron chi connectivity index (χ1n) is 7.46. The van der Waals surface area contributed by atoms with Crippen molar-refractivity contribution in [3.8, 4) is 0 Å². The van der Waals surface area contributed by atoms with E-state index in [1.807, 2.05) is 50.2 Å². The van der Waals surface area contributed by atoms with Gasteiger partial charge in [-0.1, -0.05) is 69.3 Å². The predicted octanol–water partition coefficient (Wildman–Crippen LogP) is 4.46. The van der Waals surface area contributed by atoms with Gasteiger partial charge in [0, 0.05) is 11.1 Å². The summed E-state index contributed by atoms with van der Waals surface area (Å²) in [5, 5.41) is 3.08. The molecule has 0 atom stereocenters. The molecule has 0 bridgehead atoms. The second-order valence-electron chi connectivity index (χ2n) is 6.01. The smallest absolute Gasteiger partial charge is 0.230 e. The normalized spacial score (nSPS) is 11.2. The molecular weight excluding hydrogens is 258 g/mol. The number of hydrogen-bond donors (Lipinski definition) is 1. The molecule has 2 aromatic rings. The summed E-state index contributed by atoms with van der Waals surface area (Å²) in [5.74, 6) is 0.0623. The molecule has 0 radical (unpaired) electrons. The van der Waals surface area contributed by atoms with Crippen molar-refractivity contribution in [2.24, 2.45) is 5.41 Å². The van der Waals surface area contributed by atoms with E-state index < -0.39 is 5.41 Å². The van der Waals surface area contributed by atoms with Crippen LogP contribution in [0.15, 0.2) is 54.6 Å². The van der Waals surface area contributed by atoms with Gasteiger partial charge < -0.3 is 5.32 Å². The zero-order chi connectivity index (χ0) is 15.3. The highest BCUT2D eigenvalue weighted by molar-refractivity contribution is 5.95. The van der Waals surface area contributed by atoms with Gasteiger partial charge in [0.1, 0.15) is 0 Å². The fourth-order valence-corrected chi connectivity index (χ4v) is 2.43. The molecule has 0 aliphatic rings. The lowest BCUT2D eigenvalue weighted by Gasteiger charge is -2.24. The van der Waals surface area contributed by atoms with Crippen molar-refractivity contribution in [1.82, 2.24) is 0 Å². The van der Waals surface area contributed by atoms with Gasteiger partial charge in [0.15, 0.2) is 0 Å². The van der Waals surface area contributed by atoms with Crippen molar-refractivity contribution in [2.75, 3.05) is 5.32 Å². The first-order valence-corrected chi connectivity index (χ1v) is 7.46. The van der Waals surface area contributed by atoms with Crippen LogP contribution in [-0.4, -0.2) is 5.91 Å². The third-order valence-corrected chi connectivity index (χ3v) is 3.75. The Bertz CT molecular complexity index is 602. The maximum atomic E-state index is 12.6. The lowest BCUT2D eigenvalue weighted by atomic mass is 9.84. The van der Waals surface area contributed by atoms with Gasteiger partial charge in [0.05, 0.1) is 0 Å². The Morgan fingerprint density at radius 3 is 2.29 bits per heavy atom. The number of hydrogen-bond acceptors (Lipinski definition) is 1. The van der Waals surface area contributed by atoms with E-state index in [2.05, 4.69) is 30.4 Å². The van der Waals surface area contributed by atoms with E-state index in [1.165, 1.54) is 11.1 Å². The maximum Gasteiger partial charge on any atom is 0.230 e. The molecule has 1 N–H and O–H groups in total. The molecular formula is C19H23NO. The fourth-order valence-electron chi connectivity index (χ4n) is 2.43. The van der Waals surface area contributed by atoms with Crippen molar-refractivity contribution >= 4 is 11.6 Å². The second kappa shape index (κ2) is 6.57. The molecule has 2 heteroatoms. The maximum absolute atomic E-state index is 12.6. The van der Waals surface area contributed by atoms with E-state index in [-0.39, 0.29) is 5.91 Å². The van der Waals surface area contributed by atoms with Crippen molar-refractivity contribution in [2.45, 2.75) is 33.6 Å². The topological polar surface area (TPSA) is 29.1 Å². The molecule has 0 aliphatic carbocycles. The summed E-state index contributed by atoms with van der Waals surface area (Å²) in [7, 11) is 0. The van der Waals surface area contributed by atoms with Crippen molar-refractivity contribution in [1.29, 1.82) is 0 Å². The molecule has 0 fully saturated rings. The molecule has 1 amide bonds. The number of aryl methyl sites for hydroxylation is 1. The quantitative estimate of drug-likeness (QED) is 0.861. The van der Waals surface area contributed by atoms with Crippen LogP contribution in [0.1, 0.15) is 31.9 Å². The van der Waals surface area contributed by atoms with Gasteiger partial charge in [-0.15, -0.1) is 0 Å². The number of carbonyl (C=O) groups excluding carboxylic acids is 1. The van der Waals surface area contributed by atoms with E-state index in [4.69, 9.17) is 0 Å². The van der Waals surface area contributed by atoms with Crippen LogP contribution in [0.5, 0.6) is 0 Å². The van der Waals surface area contributed by atoms with Crippen LogP contribution >= 0.6 is 0 Å². The Hall–Kier alpha value is -2.09. The Morgan fingerprint density at radius 2 is 1.62 bits per heavy atom. The van der Waals surface area contributed by atoms with E-state index in [0.717, 1.165) is 18.5 Å². The highest BCUT2D eigenvalue weighted by Gasteiger charge is 2.28. The zero-order valence-corrected chi connectivity index (χ0v) is 13.0. The van der Waals surface area contributed by atoms with Crippen molar-refractivity contribution in [3.05, 3.63) is 65.7 Å². The van der Waals surface area contributed by atoms with E-state index >= 15 is 0 Å². The van der Waals surface area contributed by atoms with Gasteiger partial charge in [0.25, 0.3) is 0 Å². The molecule has 21 heavy (non-hydrogen) atoms. The van der Waals surface area contributed by atoms with Gasteiger partial charge in [-0.05, 0) is 30.0 Å². The molecule has 2 aromatic carbocycles. The number of amides is 1. The van der Waals surface area contributed by atoms with E-state index in [9.17, 15) is 4.79 Å². The zero-order valence-electron chi connectivity index (χ0n) is 13.0. The SMILES string of the molecule is CCc1ccccc1NC(=O)C(C)(C)Cc1ccccc1. The highest BCUT2D eigenvalue weighted by Crippen LogP contribution is 2.25. The van der Waals surface area contributed by atoms with Crippen LogP contribution < -0.4 is 5.32 Å². The van der Waals surface area contributed by atoms with Crippen molar-refractivity contribution in [3.63, 3.8) is 0 Å². The van der Waals surface area contributed by atoms with Crippen molar-refractivity contribution < 1.29 is 4.79 Å². The average Bonchev–Trinajstić information content (AvgIpc) is 2.48. The summed E-state index contributed by atoms with van der Waals surface area (Å²) in [5.41, 5.74) is 2.83. The molecule has 0 spiro atoms. The number of nitrogens with one attached hydrogen (secondary N) is 1. The molecule has 0 saturated carbocycles. The summed E-state index contributed by atoms with van der Waals surface area (Å²) < 4.78 is 0. The molecule has 110 valence electrons. The van der Waals surface area contributed by atoms with Crippen LogP contribution in [-0.2, 0) is 17.6 Å². The van der Waals surface area contributed by atoms with Crippen LogP contribution in [0.4, 0.5) is 5.69 Å². The largest absolute Gasteiger partial charge is 0.325 e. The number of rotatable bonds is 5. The van der Waals surface area contributed by atoms with E-state index in [1.54, 1.807) is 0 Å². The molecule has 0 saturated heterocycles. The molecule has 0 aromatic heterocycles. The van der Waals surface area contributed by atoms with Gasteiger partial charge in [-0.25, -0.2) is 0 Å². The Balaban J connectivity index is 2.11. The van der Waals surface area contributed by atoms with Crippen LogP contribution in [0.25, 0.3) is 0 Å². The third kappa shape index (κ3) is 3.94. The minimum atomic E-state index is -0.442. The molecule has 2 rings (SSSR count).